The van der Waals surface area contributed by atoms with Gasteiger partial charge in [0.2, 0.25) is 0 Å². The van der Waals surface area contributed by atoms with Gasteiger partial charge in [-0.1, -0.05) is 182 Å². The highest BCUT2D eigenvalue weighted by atomic mass is 14.1. The van der Waals surface area contributed by atoms with Gasteiger partial charge in [-0.2, -0.15) is 0 Å². The Morgan fingerprint density at radius 3 is 0.654 bits per heavy atom. The van der Waals surface area contributed by atoms with Crippen molar-refractivity contribution in [3.05, 3.63) is 206 Å². The molecule has 10 aromatic carbocycles. The first kappa shape index (κ1) is 30.1. The highest BCUT2D eigenvalue weighted by molar-refractivity contribution is 6.11. The number of fused-ring (bicyclic) bond motifs is 6. The topological polar surface area (TPSA) is 0 Å². The lowest BCUT2D eigenvalue weighted by molar-refractivity contribution is 1.60. The quantitative estimate of drug-likeness (QED) is 0.161. The number of benzene rings is 10. The average Bonchev–Trinajstić information content (AvgIpc) is 3.23. The predicted octanol–water partition coefficient (Wildman–Crippen LogP) is 14.6. The summed E-state index contributed by atoms with van der Waals surface area (Å²) in [5.74, 6) is 0. The van der Waals surface area contributed by atoms with Gasteiger partial charge in [-0.05, 0) is 123 Å². The third kappa shape index (κ3) is 5.43. The van der Waals surface area contributed by atoms with E-state index in [9.17, 15) is 0 Å². The molecule has 0 aliphatic rings. The van der Waals surface area contributed by atoms with Crippen LogP contribution in [0, 0.1) is 0 Å². The molecule has 0 atom stereocenters. The van der Waals surface area contributed by atoms with Crippen LogP contribution in [0.5, 0.6) is 0 Å². The second-order valence-electron chi connectivity index (χ2n) is 13.8. The Morgan fingerprint density at radius 2 is 0.365 bits per heavy atom. The van der Waals surface area contributed by atoms with Crippen LogP contribution in [0.25, 0.3) is 98.7 Å². The molecule has 0 saturated heterocycles. The van der Waals surface area contributed by atoms with Crippen molar-refractivity contribution in [1.82, 2.24) is 0 Å². The molecular formula is C52H34. The summed E-state index contributed by atoms with van der Waals surface area (Å²) in [7, 11) is 0. The Balaban J connectivity index is 0.929. The summed E-state index contributed by atoms with van der Waals surface area (Å²) in [4.78, 5) is 0. The minimum Gasteiger partial charge on any atom is -0.0622 e. The highest BCUT2D eigenvalue weighted by Crippen LogP contribution is 2.36. The maximum atomic E-state index is 2.34. The van der Waals surface area contributed by atoms with Crippen LogP contribution in [-0.4, -0.2) is 0 Å². The highest BCUT2D eigenvalue weighted by Gasteiger charge is 2.09. The minimum absolute atomic E-state index is 1.23. The van der Waals surface area contributed by atoms with Crippen LogP contribution in [0.3, 0.4) is 0 Å². The van der Waals surface area contributed by atoms with E-state index in [-0.39, 0.29) is 0 Å². The lowest BCUT2D eigenvalue weighted by atomic mass is 9.93. The number of hydrogen-bond acceptors (Lipinski definition) is 0. The summed E-state index contributed by atoms with van der Waals surface area (Å²) in [5.41, 5.74) is 12.4. The fourth-order valence-electron chi connectivity index (χ4n) is 7.83. The van der Waals surface area contributed by atoms with E-state index in [1.54, 1.807) is 0 Å². The Labute approximate surface area is 303 Å². The molecule has 0 aromatic heterocycles. The Bertz CT molecular complexity index is 2700. The van der Waals surface area contributed by atoms with E-state index in [1.807, 2.05) is 0 Å². The second kappa shape index (κ2) is 12.5. The van der Waals surface area contributed by atoms with Gasteiger partial charge >= 0.3 is 0 Å². The van der Waals surface area contributed by atoms with Gasteiger partial charge in [0, 0.05) is 0 Å². The normalized spacial score (nSPS) is 11.5. The zero-order valence-electron chi connectivity index (χ0n) is 28.6. The smallest absolute Gasteiger partial charge is 0.0105 e. The zero-order valence-corrected chi connectivity index (χ0v) is 28.6. The van der Waals surface area contributed by atoms with E-state index >= 15 is 0 Å². The van der Waals surface area contributed by atoms with Gasteiger partial charge in [0.25, 0.3) is 0 Å². The van der Waals surface area contributed by atoms with Gasteiger partial charge in [0.1, 0.15) is 0 Å². The number of rotatable bonds is 5. The maximum absolute atomic E-state index is 2.34. The first-order valence-electron chi connectivity index (χ1n) is 18.0. The van der Waals surface area contributed by atoms with Gasteiger partial charge in [0.15, 0.2) is 0 Å². The molecule has 0 N–H and O–H groups in total. The van der Waals surface area contributed by atoms with Gasteiger partial charge in [-0.3, -0.25) is 0 Å². The van der Waals surface area contributed by atoms with E-state index in [2.05, 4.69) is 206 Å². The van der Waals surface area contributed by atoms with Crippen LogP contribution >= 0.6 is 0 Å². The fourth-order valence-corrected chi connectivity index (χ4v) is 7.83. The molecular weight excluding hydrogens is 625 g/mol. The summed E-state index contributed by atoms with van der Waals surface area (Å²) >= 11 is 0. The standard InChI is InChI=1S/C52H34/c1-3-7-35(8-4-1)37-11-15-39(16-12-37)41-23-27-49-45(31-41)19-21-47-33-43(25-29-51(47)49)44-26-30-52-48(34-44)22-20-46-32-42(24-28-50(46)52)40-17-13-38(14-18-40)36-9-5-2-6-10-36/h1-34H. The molecule has 10 rings (SSSR count). The van der Waals surface area contributed by atoms with Crippen LogP contribution in [0.1, 0.15) is 0 Å². The number of hydrogen-bond donors (Lipinski definition) is 0. The third-order valence-electron chi connectivity index (χ3n) is 10.7. The molecule has 0 aliphatic heterocycles. The van der Waals surface area contributed by atoms with Crippen LogP contribution in [-0.2, 0) is 0 Å². The van der Waals surface area contributed by atoms with Crippen LogP contribution in [0.15, 0.2) is 206 Å². The summed E-state index contributed by atoms with van der Waals surface area (Å²) in [5, 5.41) is 10.2. The zero-order chi connectivity index (χ0) is 34.4. The summed E-state index contributed by atoms with van der Waals surface area (Å²) < 4.78 is 0. The Hall–Kier alpha value is -6.76. The van der Waals surface area contributed by atoms with Gasteiger partial charge < -0.3 is 0 Å². The molecule has 0 heteroatoms. The van der Waals surface area contributed by atoms with Crippen molar-refractivity contribution in [1.29, 1.82) is 0 Å². The SMILES string of the molecule is c1ccc(-c2ccc(-c3ccc4c(ccc5cc(-c6ccc7c(ccc8cc(-c9ccc(-c%10ccccc%10)cc9)ccc87)c6)ccc54)c3)cc2)cc1. The van der Waals surface area contributed by atoms with Crippen LogP contribution in [0.2, 0.25) is 0 Å². The predicted molar refractivity (Wildman–Crippen MR) is 224 cm³/mol. The molecule has 0 nitrogen and oxygen atoms in total. The molecule has 0 radical (unpaired) electrons. The van der Waals surface area contributed by atoms with Crippen molar-refractivity contribution in [2.45, 2.75) is 0 Å². The lowest BCUT2D eigenvalue weighted by Gasteiger charge is -2.11. The summed E-state index contributed by atoms with van der Waals surface area (Å²) in [6.07, 6.45) is 0. The molecule has 0 spiro atoms. The van der Waals surface area contributed by atoms with Crippen molar-refractivity contribution < 1.29 is 0 Å². The largest absolute Gasteiger partial charge is 0.0622 e. The lowest BCUT2D eigenvalue weighted by Crippen LogP contribution is -1.85. The van der Waals surface area contributed by atoms with E-state index in [0.717, 1.165) is 0 Å². The molecule has 0 saturated carbocycles. The van der Waals surface area contributed by atoms with Crippen molar-refractivity contribution in [2.24, 2.45) is 0 Å². The molecule has 0 heterocycles. The first-order chi connectivity index (χ1) is 25.7. The van der Waals surface area contributed by atoms with Crippen molar-refractivity contribution in [3.63, 3.8) is 0 Å². The van der Waals surface area contributed by atoms with E-state index < -0.39 is 0 Å². The van der Waals surface area contributed by atoms with Gasteiger partial charge in [-0.25, -0.2) is 0 Å². The molecule has 0 unspecified atom stereocenters. The minimum atomic E-state index is 1.23. The Kier molecular flexibility index (Phi) is 7.25. The Morgan fingerprint density at radius 1 is 0.154 bits per heavy atom. The molecule has 0 aliphatic carbocycles. The molecule has 52 heavy (non-hydrogen) atoms. The van der Waals surface area contributed by atoms with E-state index in [4.69, 9.17) is 0 Å². The molecule has 0 bridgehead atoms. The maximum Gasteiger partial charge on any atom is -0.0105 e. The van der Waals surface area contributed by atoms with Crippen molar-refractivity contribution >= 4 is 43.1 Å². The first-order valence-corrected chi connectivity index (χ1v) is 18.0. The van der Waals surface area contributed by atoms with Crippen LogP contribution in [0.4, 0.5) is 0 Å². The monoisotopic (exact) mass is 658 g/mol. The molecule has 10 aromatic rings. The van der Waals surface area contributed by atoms with E-state index in [0.29, 0.717) is 0 Å². The van der Waals surface area contributed by atoms with E-state index in [1.165, 1.54) is 98.7 Å². The van der Waals surface area contributed by atoms with Crippen LogP contribution < -0.4 is 0 Å². The fraction of sp³-hybridized carbons (Fsp3) is 0. The van der Waals surface area contributed by atoms with Crippen molar-refractivity contribution in [2.75, 3.05) is 0 Å². The third-order valence-corrected chi connectivity index (χ3v) is 10.7. The summed E-state index contributed by atoms with van der Waals surface area (Å²) in [6.45, 7) is 0. The van der Waals surface area contributed by atoms with Gasteiger partial charge in [0.05, 0.1) is 0 Å². The average molecular weight is 659 g/mol. The second-order valence-corrected chi connectivity index (χ2v) is 13.8. The molecule has 242 valence electrons. The molecule has 0 amide bonds. The van der Waals surface area contributed by atoms with Gasteiger partial charge in [-0.15, -0.1) is 0 Å². The summed E-state index contributed by atoms with van der Waals surface area (Å²) in [6, 6.07) is 75.5. The van der Waals surface area contributed by atoms with Crippen molar-refractivity contribution in [3.8, 4) is 55.6 Å². The molecule has 0 fully saturated rings.